The van der Waals surface area contributed by atoms with E-state index in [0.29, 0.717) is 0 Å². The highest BCUT2D eigenvalue weighted by Crippen LogP contribution is 2.55. The van der Waals surface area contributed by atoms with Gasteiger partial charge >= 0.3 is 0 Å². The predicted octanol–water partition coefficient (Wildman–Crippen LogP) is 17.0. The van der Waals surface area contributed by atoms with Crippen LogP contribution in [-0.2, 0) is 0 Å². The minimum atomic E-state index is 0.981. The summed E-state index contributed by atoms with van der Waals surface area (Å²) in [5, 5.41) is 25.8. The molecule has 0 saturated heterocycles. The van der Waals surface area contributed by atoms with E-state index in [1.165, 1.54) is 130 Å². The largest absolute Gasteiger partial charge is 0.256 e. The van der Waals surface area contributed by atoms with Crippen LogP contribution in [0.4, 0.5) is 0 Å². The van der Waals surface area contributed by atoms with Gasteiger partial charge in [0.2, 0.25) is 0 Å². The molecule has 2 aromatic heterocycles. The number of benzene rings is 11. The Labute approximate surface area is 367 Å². The Bertz CT molecular complexity index is 4370. The molecule has 0 radical (unpaired) electrons. The third-order valence-corrected chi connectivity index (χ3v) is 14.3. The molecule has 0 N–H and O–H groups in total. The second kappa shape index (κ2) is 12.6. The fourth-order valence-electron chi connectivity index (χ4n) is 11.7. The molecule has 292 valence electrons. The number of hydrogen-bond acceptors (Lipinski definition) is 2. The van der Waals surface area contributed by atoms with Crippen LogP contribution < -0.4 is 0 Å². The van der Waals surface area contributed by atoms with Crippen molar-refractivity contribution in [2.24, 2.45) is 0 Å². The molecule has 0 spiro atoms. The molecule has 2 nitrogen and oxygen atoms in total. The molecular weight excluding hydrogens is 773 g/mol. The highest BCUT2D eigenvalue weighted by atomic mass is 14.7. The molecule has 0 amide bonds. The van der Waals surface area contributed by atoms with E-state index in [9.17, 15) is 0 Å². The van der Waals surface area contributed by atoms with Crippen LogP contribution in [-0.4, -0.2) is 9.97 Å². The van der Waals surface area contributed by atoms with Gasteiger partial charge in [-0.05, 0) is 197 Å². The summed E-state index contributed by atoms with van der Waals surface area (Å²) in [7, 11) is 0. The van der Waals surface area contributed by atoms with Crippen LogP contribution in [0.15, 0.2) is 207 Å². The molecule has 0 fully saturated rings. The molecule has 0 saturated carbocycles. The Balaban J connectivity index is 1.15. The van der Waals surface area contributed by atoms with Gasteiger partial charge < -0.3 is 0 Å². The van der Waals surface area contributed by atoms with Gasteiger partial charge in [0, 0.05) is 23.5 Å². The first-order valence-electron chi connectivity index (χ1n) is 22.1. The third-order valence-electron chi connectivity index (χ3n) is 14.3. The molecular formula is C62H34N2. The first-order chi connectivity index (χ1) is 31.7. The molecule has 0 aliphatic carbocycles. The molecule has 0 atom stereocenters. The number of hydrogen-bond donors (Lipinski definition) is 0. The van der Waals surface area contributed by atoms with Gasteiger partial charge in [-0.1, -0.05) is 127 Å². The smallest absolute Gasteiger partial charge is 0.0702 e. The first kappa shape index (κ1) is 34.2. The minimum absolute atomic E-state index is 0.981. The molecule has 2 heterocycles. The summed E-state index contributed by atoms with van der Waals surface area (Å²) in [6.07, 6.45) is 3.77. The SMILES string of the molecule is c1ccc(-c2c3cc4c(cc3c(-c3ccccc3)c3c5cc6cc(-c7ccccn7)ccc6c6cccc(c23)c65)c2ccc3ccc5cc(-c6ccccn6)cc6cc4c2c3c56)cc1. The van der Waals surface area contributed by atoms with Crippen molar-refractivity contribution in [3.8, 4) is 44.8 Å². The highest BCUT2D eigenvalue weighted by molar-refractivity contribution is 6.45. The number of aromatic nitrogens is 2. The van der Waals surface area contributed by atoms with Crippen molar-refractivity contribution in [2.45, 2.75) is 0 Å². The van der Waals surface area contributed by atoms with Crippen molar-refractivity contribution in [1.29, 1.82) is 0 Å². The highest BCUT2D eigenvalue weighted by Gasteiger charge is 2.26. The summed E-state index contributed by atoms with van der Waals surface area (Å²) >= 11 is 0. The Morgan fingerprint density at radius 1 is 0.219 bits per heavy atom. The zero-order valence-electron chi connectivity index (χ0n) is 34.5. The van der Waals surface area contributed by atoms with E-state index in [1.807, 2.05) is 24.5 Å². The molecule has 0 bridgehead atoms. The molecule has 0 aliphatic rings. The van der Waals surface area contributed by atoms with Crippen LogP contribution >= 0.6 is 0 Å². The van der Waals surface area contributed by atoms with Crippen molar-refractivity contribution in [3.05, 3.63) is 207 Å². The van der Waals surface area contributed by atoms with E-state index in [4.69, 9.17) is 9.97 Å². The fourth-order valence-corrected chi connectivity index (χ4v) is 11.7. The van der Waals surface area contributed by atoms with Crippen LogP contribution in [0.3, 0.4) is 0 Å². The maximum Gasteiger partial charge on any atom is 0.0702 e. The van der Waals surface area contributed by atoms with Crippen molar-refractivity contribution in [3.63, 3.8) is 0 Å². The molecule has 15 rings (SSSR count). The Kier molecular flexibility index (Phi) is 6.71. The lowest BCUT2D eigenvalue weighted by molar-refractivity contribution is 1.33. The molecule has 2 heteroatoms. The normalized spacial score (nSPS) is 12.4. The lowest BCUT2D eigenvalue weighted by atomic mass is 9.85. The number of nitrogens with zero attached hydrogens (tertiary/aromatic N) is 2. The number of fused-ring (bicyclic) bond motifs is 9. The van der Waals surface area contributed by atoms with Crippen LogP contribution in [0, 0.1) is 0 Å². The van der Waals surface area contributed by atoms with Gasteiger partial charge in [0.1, 0.15) is 0 Å². The van der Waals surface area contributed by atoms with Crippen molar-refractivity contribution >= 4 is 108 Å². The maximum absolute atomic E-state index is 4.77. The van der Waals surface area contributed by atoms with Gasteiger partial charge in [-0.25, -0.2) is 0 Å². The topological polar surface area (TPSA) is 25.8 Å². The van der Waals surface area contributed by atoms with Crippen LogP contribution in [0.1, 0.15) is 0 Å². The number of pyridine rings is 2. The average molecular weight is 807 g/mol. The van der Waals surface area contributed by atoms with Gasteiger partial charge in [0.25, 0.3) is 0 Å². The number of rotatable bonds is 4. The summed E-state index contributed by atoms with van der Waals surface area (Å²) in [4.78, 5) is 9.50. The lowest BCUT2D eigenvalue weighted by Crippen LogP contribution is -1.90. The Morgan fingerprint density at radius 2 is 0.781 bits per heavy atom. The van der Waals surface area contributed by atoms with E-state index in [1.54, 1.807) is 0 Å². The Morgan fingerprint density at radius 3 is 1.50 bits per heavy atom. The van der Waals surface area contributed by atoms with Crippen molar-refractivity contribution in [1.82, 2.24) is 9.97 Å². The lowest BCUT2D eigenvalue weighted by Gasteiger charge is -2.17. The van der Waals surface area contributed by atoms with Gasteiger partial charge in [0.05, 0.1) is 11.4 Å². The summed E-state index contributed by atoms with van der Waals surface area (Å²) < 4.78 is 0. The second-order valence-electron chi connectivity index (χ2n) is 17.6. The van der Waals surface area contributed by atoms with E-state index in [0.717, 1.165) is 22.5 Å². The zero-order valence-corrected chi connectivity index (χ0v) is 34.5. The molecule has 13 aromatic carbocycles. The van der Waals surface area contributed by atoms with E-state index < -0.39 is 0 Å². The van der Waals surface area contributed by atoms with E-state index in [-0.39, 0.29) is 0 Å². The molecule has 0 aliphatic heterocycles. The van der Waals surface area contributed by atoms with E-state index >= 15 is 0 Å². The summed E-state index contributed by atoms with van der Waals surface area (Å²) in [6.45, 7) is 0. The molecule has 0 unspecified atom stereocenters. The summed E-state index contributed by atoms with van der Waals surface area (Å²) in [6, 6.07) is 72.3. The molecule has 64 heavy (non-hydrogen) atoms. The molecule has 15 aromatic rings. The predicted molar refractivity (Wildman–Crippen MR) is 272 cm³/mol. The second-order valence-corrected chi connectivity index (χ2v) is 17.6. The monoisotopic (exact) mass is 806 g/mol. The summed E-state index contributed by atoms with van der Waals surface area (Å²) in [5.74, 6) is 0. The van der Waals surface area contributed by atoms with Gasteiger partial charge in [-0.3, -0.25) is 9.97 Å². The minimum Gasteiger partial charge on any atom is -0.256 e. The van der Waals surface area contributed by atoms with Crippen molar-refractivity contribution in [2.75, 3.05) is 0 Å². The average Bonchev–Trinajstić information content (AvgIpc) is 3.85. The standard InChI is InChI=1S/C62H34N2/c1-3-12-35(13-4-1)56-51-34-48-47(45-25-22-37-20-21-39-29-41(54-19-8-10-27-64-54)30-42-32-49(48)60(45)58(37)55(39)42)33-50(51)57(36-14-5-2-6-15-36)62-52-31-40-28-38(53-18-7-9-26-63-53)23-24-43(40)44-16-11-17-46(59(44)52)61(56)62/h1-34H. The van der Waals surface area contributed by atoms with Gasteiger partial charge in [0.15, 0.2) is 0 Å². The van der Waals surface area contributed by atoms with Crippen LogP contribution in [0.2, 0.25) is 0 Å². The first-order valence-corrected chi connectivity index (χ1v) is 22.1. The van der Waals surface area contributed by atoms with Crippen LogP contribution in [0.5, 0.6) is 0 Å². The summed E-state index contributed by atoms with van der Waals surface area (Å²) in [5.41, 5.74) is 9.24. The zero-order chi connectivity index (χ0) is 41.6. The van der Waals surface area contributed by atoms with Crippen molar-refractivity contribution < 1.29 is 0 Å². The third kappa shape index (κ3) is 4.53. The van der Waals surface area contributed by atoms with Gasteiger partial charge in [-0.15, -0.1) is 0 Å². The maximum atomic E-state index is 4.77. The van der Waals surface area contributed by atoms with Crippen LogP contribution in [0.25, 0.3) is 152 Å². The van der Waals surface area contributed by atoms with E-state index in [2.05, 4.69) is 182 Å². The Hall–Kier alpha value is -8.46. The van der Waals surface area contributed by atoms with Gasteiger partial charge in [-0.2, -0.15) is 0 Å². The quantitative estimate of drug-likeness (QED) is 0.166. The fraction of sp³-hybridized carbons (Fsp3) is 0.